The summed E-state index contributed by atoms with van der Waals surface area (Å²) >= 11 is 7.31. The number of hydrogen-bond acceptors (Lipinski definition) is 4. The highest BCUT2D eigenvalue weighted by atomic mass is 35.5. The number of nitrogens with zero attached hydrogens (tertiary/aromatic N) is 3. The van der Waals surface area contributed by atoms with E-state index in [0.29, 0.717) is 16.7 Å². The first-order valence-electron chi connectivity index (χ1n) is 8.92. The third-order valence-electron chi connectivity index (χ3n) is 4.11. The Morgan fingerprint density at radius 1 is 1.18 bits per heavy atom. The molecule has 0 radical (unpaired) electrons. The summed E-state index contributed by atoms with van der Waals surface area (Å²) in [5, 5.41) is 12.8. The predicted octanol–water partition coefficient (Wildman–Crippen LogP) is 5.08. The molecule has 0 atom stereocenters. The smallest absolute Gasteiger partial charge is 0.234 e. The second-order valence-corrected chi connectivity index (χ2v) is 7.48. The lowest BCUT2D eigenvalue weighted by Crippen LogP contribution is -2.14. The van der Waals surface area contributed by atoms with Crippen molar-refractivity contribution in [2.24, 2.45) is 0 Å². The highest BCUT2D eigenvalue weighted by Gasteiger charge is 2.15. The monoisotopic (exact) mass is 412 g/mol. The number of halogens is 1. The van der Waals surface area contributed by atoms with E-state index in [9.17, 15) is 4.79 Å². The van der Waals surface area contributed by atoms with E-state index in [-0.39, 0.29) is 11.7 Å². The van der Waals surface area contributed by atoms with Gasteiger partial charge in [-0.05, 0) is 48.4 Å². The molecule has 7 heteroatoms. The van der Waals surface area contributed by atoms with Crippen LogP contribution in [0.2, 0.25) is 5.02 Å². The molecule has 5 nitrogen and oxygen atoms in total. The van der Waals surface area contributed by atoms with Crippen molar-refractivity contribution < 1.29 is 4.79 Å². The molecule has 3 rings (SSSR count). The molecule has 1 amide bonds. The molecule has 0 saturated heterocycles. The minimum absolute atomic E-state index is 0.0876. The maximum Gasteiger partial charge on any atom is 0.234 e. The number of aryl methyl sites for hydroxylation is 1. The molecule has 0 unspecified atom stereocenters. The zero-order chi connectivity index (χ0) is 19.9. The summed E-state index contributed by atoms with van der Waals surface area (Å²) in [5.41, 5.74) is 2.93. The average Bonchev–Trinajstić information content (AvgIpc) is 3.10. The van der Waals surface area contributed by atoms with Crippen LogP contribution in [0.5, 0.6) is 0 Å². The SMILES string of the molecule is C=CCn1c(SCC(=O)Nc2ccc(CC)cc2)nnc1-c1ccc(Cl)cc1. The molecule has 2 aromatic carbocycles. The summed E-state index contributed by atoms with van der Waals surface area (Å²) in [4.78, 5) is 12.3. The van der Waals surface area contributed by atoms with Crippen molar-refractivity contribution >= 4 is 35.0 Å². The first-order chi connectivity index (χ1) is 13.6. The van der Waals surface area contributed by atoms with Crippen LogP contribution >= 0.6 is 23.4 Å². The van der Waals surface area contributed by atoms with Crippen LogP contribution in [0.4, 0.5) is 5.69 Å². The third kappa shape index (κ3) is 5.03. The van der Waals surface area contributed by atoms with Crippen LogP contribution in [-0.2, 0) is 17.8 Å². The van der Waals surface area contributed by atoms with Crippen molar-refractivity contribution in [1.29, 1.82) is 0 Å². The summed E-state index contributed by atoms with van der Waals surface area (Å²) in [6.45, 7) is 6.45. The van der Waals surface area contributed by atoms with Gasteiger partial charge in [-0.2, -0.15) is 0 Å². The molecule has 0 aliphatic carbocycles. The number of thioether (sulfide) groups is 1. The normalized spacial score (nSPS) is 10.6. The van der Waals surface area contributed by atoms with E-state index in [1.807, 2.05) is 53.1 Å². The molecule has 0 aliphatic rings. The van der Waals surface area contributed by atoms with Gasteiger partial charge < -0.3 is 5.32 Å². The molecular weight excluding hydrogens is 392 g/mol. The van der Waals surface area contributed by atoms with Crippen molar-refractivity contribution in [1.82, 2.24) is 14.8 Å². The average molecular weight is 413 g/mol. The van der Waals surface area contributed by atoms with E-state index < -0.39 is 0 Å². The fourth-order valence-corrected chi connectivity index (χ4v) is 3.53. The lowest BCUT2D eigenvalue weighted by Gasteiger charge is -2.08. The molecule has 0 spiro atoms. The molecule has 0 aliphatic heterocycles. The Morgan fingerprint density at radius 3 is 2.54 bits per heavy atom. The maximum atomic E-state index is 12.3. The van der Waals surface area contributed by atoms with Gasteiger partial charge >= 0.3 is 0 Å². The van der Waals surface area contributed by atoms with Crippen molar-refractivity contribution in [2.75, 3.05) is 11.1 Å². The Bertz CT molecular complexity index is 952. The minimum Gasteiger partial charge on any atom is -0.325 e. The maximum absolute atomic E-state index is 12.3. The number of anilines is 1. The van der Waals surface area contributed by atoms with Gasteiger partial charge in [-0.3, -0.25) is 9.36 Å². The van der Waals surface area contributed by atoms with Crippen LogP contribution in [0.25, 0.3) is 11.4 Å². The molecule has 144 valence electrons. The number of benzene rings is 2. The topological polar surface area (TPSA) is 59.8 Å². The number of hydrogen-bond donors (Lipinski definition) is 1. The Hall–Kier alpha value is -2.57. The van der Waals surface area contributed by atoms with Crippen molar-refractivity contribution in [3.8, 4) is 11.4 Å². The standard InChI is InChI=1S/C21H21ClN4OS/c1-3-13-26-20(16-7-9-17(22)10-8-16)24-25-21(26)28-14-19(27)23-18-11-5-15(4-2)6-12-18/h3,5-12H,1,4,13-14H2,2H3,(H,23,27). The van der Waals surface area contributed by atoms with E-state index in [1.54, 1.807) is 6.08 Å². The molecule has 3 aromatic rings. The lowest BCUT2D eigenvalue weighted by molar-refractivity contribution is -0.113. The Kier molecular flexibility index (Phi) is 6.90. The fourth-order valence-electron chi connectivity index (χ4n) is 2.65. The van der Waals surface area contributed by atoms with E-state index in [4.69, 9.17) is 11.6 Å². The largest absolute Gasteiger partial charge is 0.325 e. The second kappa shape index (κ2) is 9.57. The summed E-state index contributed by atoms with van der Waals surface area (Å²) in [6.07, 6.45) is 2.75. The molecule has 1 aromatic heterocycles. The molecule has 1 N–H and O–H groups in total. The summed E-state index contributed by atoms with van der Waals surface area (Å²) in [7, 11) is 0. The Balaban J connectivity index is 1.68. The van der Waals surface area contributed by atoms with E-state index in [2.05, 4.69) is 29.0 Å². The second-order valence-electron chi connectivity index (χ2n) is 6.10. The van der Waals surface area contributed by atoms with E-state index in [0.717, 1.165) is 23.5 Å². The number of rotatable bonds is 8. The van der Waals surface area contributed by atoms with Gasteiger partial charge in [0.1, 0.15) is 0 Å². The molecule has 0 saturated carbocycles. The zero-order valence-corrected chi connectivity index (χ0v) is 17.1. The van der Waals surface area contributed by atoms with Gasteiger partial charge in [0.05, 0.1) is 5.75 Å². The highest BCUT2D eigenvalue weighted by Crippen LogP contribution is 2.25. The van der Waals surface area contributed by atoms with Crippen molar-refractivity contribution in [2.45, 2.75) is 25.0 Å². The predicted molar refractivity (Wildman–Crippen MR) is 116 cm³/mol. The molecule has 1 heterocycles. The first kappa shape index (κ1) is 20.2. The van der Waals surface area contributed by atoms with E-state index in [1.165, 1.54) is 17.3 Å². The number of amides is 1. The molecular formula is C21H21ClN4OS. The molecule has 0 fully saturated rings. The van der Waals surface area contributed by atoms with Crippen LogP contribution in [0.3, 0.4) is 0 Å². The summed E-state index contributed by atoms with van der Waals surface area (Å²) in [5.74, 6) is 0.871. The van der Waals surface area contributed by atoms with Crippen LogP contribution in [-0.4, -0.2) is 26.4 Å². The van der Waals surface area contributed by atoms with Gasteiger partial charge in [0.15, 0.2) is 11.0 Å². The van der Waals surface area contributed by atoms with E-state index >= 15 is 0 Å². The number of nitrogens with one attached hydrogen (secondary N) is 1. The fraction of sp³-hybridized carbons (Fsp3) is 0.190. The van der Waals surface area contributed by atoms with Crippen LogP contribution < -0.4 is 5.32 Å². The van der Waals surface area contributed by atoms with Crippen molar-refractivity contribution in [3.05, 3.63) is 71.8 Å². The van der Waals surface area contributed by atoms with Crippen LogP contribution in [0.15, 0.2) is 66.3 Å². The first-order valence-corrected chi connectivity index (χ1v) is 10.3. The Labute approximate surface area is 173 Å². The summed E-state index contributed by atoms with van der Waals surface area (Å²) < 4.78 is 1.93. The molecule has 28 heavy (non-hydrogen) atoms. The lowest BCUT2D eigenvalue weighted by atomic mass is 10.1. The third-order valence-corrected chi connectivity index (χ3v) is 5.33. The van der Waals surface area contributed by atoms with Gasteiger partial charge in [0.25, 0.3) is 0 Å². The Morgan fingerprint density at radius 2 is 1.89 bits per heavy atom. The number of aromatic nitrogens is 3. The minimum atomic E-state index is -0.0876. The van der Waals surface area contributed by atoms with Gasteiger partial charge in [0, 0.05) is 22.8 Å². The van der Waals surface area contributed by atoms with Gasteiger partial charge in [-0.25, -0.2) is 0 Å². The van der Waals surface area contributed by atoms with Crippen molar-refractivity contribution in [3.63, 3.8) is 0 Å². The number of carbonyl (C=O) groups excluding carboxylic acids is 1. The van der Waals surface area contributed by atoms with Gasteiger partial charge in [-0.15, -0.1) is 16.8 Å². The van der Waals surface area contributed by atoms with Crippen LogP contribution in [0, 0.1) is 0 Å². The molecule has 0 bridgehead atoms. The van der Waals surface area contributed by atoms with Gasteiger partial charge in [-0.1, -0.05) is 48.5 Å². The highest BCUT2D eigenvalue weighted by molar-refractivity contribution is 7.99. The van der Waals surface area contributed by atoms with Crippen LogP contribution in [0.1, 0.15) is 12.5 Å². The summed E-state index contributed by atoms with van der Waals surface area (Å²) in [6, 6.07) is 15.3. The quantitative estimate of drug-likeness (QED) is 0.414. The number of allylic oxidation sites excluding steroid dienone is 1. The zero-order valence-electron chi connectivity index (χ0n) is 15.6. The number of carbonyl (C=O) groups is 1. The van der Waals surface area contributed by atoms with Gasteiger partial charge in [0.2, 0.25) is 5.91 Å².